The summed E-state index contributed by atoms with van der Waals surface area (Å²) in [5, 5.41) is 19.2. The summed E-state index contributed by atoms with van der Waals surface area (Å²) in [4.78, 5) is 22.0. The molecule has 0 aromatic heterocycles. The number of ether oxygens (including phenoxy) is 1. The third kappa shape index (κ3) is 6.26. The zero-order valence-electron chi connectivity index (χ0n) is 15.4. The molecule has 0 atom stereocenters. The Kier molecular flexibility index (Phi) is 7.23. The highest BCUT2D eigenvalue weighted by Gasteiger charge is 2.32. The Morgan fingerprint density at radius 1 is 1.10 bits per heavy atom. The summed E-state index contributed by atoms with van der Waals surface area (Å²) in [6.07, 6.45) is -4.67. The maximum atomic E-state index is 12.7. The van der Waals surface area contributed by atoms with Crippen LogP contribution in [0, 0.1) is 10.1 Å². The number of para-hydroxylation sites is 2. The van der Waals surface area contributed by atoms with E-state index in [9.17, 15) is 28.1 Å². The van der Waals surface area contributed by atoms with Gasteiger partial charge in [0.2, 0.25) is 5.91 Å². The van der Waals surface area contributed by atoms with Gasteiger partial charge in [-0.15, -0.1) is 0 Å². The number of carbonyl (C=O) groups excluding carboxylic acids is 1. The van der Waals surface area contributed by atoms with Gasteiger partial charge in [-0.25, -0.2) is 0 Å². The molecule has 11 heteroatoms. The average Bonchev–Trinajstić information content (AvgIpc) is 2.69. The lowest BCUT2D eigenvalue weighted by Crippen LogP contribution is -2.33. The average molecular weight is 412 g/mol. The summed E-state index contributed by atoms with van der Waals surface area (Å²) in [5.74, 6) is 0.246. The van der Waals surface area contributed by atoms with E-state index in [4.69, 9.17) is 4.74 Å². The van der Waals surface area contributed by atoms with Crippen LogP contribution in [0.2, 0.25) is 0 Å². The summed E-state index contributed by atoms with van der Waals surface area (Å²) in [6, 6.07) is 9.27. The molecule has 1 amide bonds. The van der Waals surface area contributed by atoms with Crippen molar-refractivity contribution in [1.82, 2.24) is 5.32 Å². The number of hydrogen-bond donors (Lipinski definition) is 3. The van der Waals surface area contributed by atoms with E-state index in [1.54, 1.807) is 24.3 Å². The van der Waals surface area contributed by atoms with Crippen molar-refractivity contribution in [3.05, 3.63) is 58.1 Å². The minimum absolute atomic E-state index is 0.0270. The predicted molar refractivity (Wildman–Crippen MR) is 101 cm³/mol. The fourth-order valence-electron chi connectivity index (χ4n) is 2.44. The first kappa shape index (κ1) is 21.8. The normalized spacial score (nSPS) is 10.9. The minimum Gasteiger partial charge on any atom is -0.495 e. The first-order chi connectivity index (χ1) is 13.7. The second-order valence-electron chi connectivity index (χ2n) is 5.82. The molecule has 8 nitrogen and oxygen atoms in total. The molecule has 0 heterocycles. The maximum absolute atomic E-state index is 12.7. The Labute approximate surface area is 164 Å². The van der Waals surface area contributed by atoms with E-state index in [1.807, 2.05) is 0 Å². The summed E-state index contributed by atoms with van der Waals surface area (Å²) in [6.45, 7) is 0.179. The highest BCUT2D eigenvalue weighted by molar-refractivity contribution is 5.81. The number of nitro benzene ring substituents is 1. The summed E-state index contributed by atoms with van der Waals surface area (Å²) in [5.41, 5.74) is -1.22. The van der Waals surface area contributed by atoms with Crippen LogP contribution in [0.5, 0.6) is 5.75 Å². The van der Waals surface area contributed by atoms with Gasteiger partial charge >= 0.3 is 6.18 Å². The molecule has 0 unspecified atom stereocenters. The van der Waals surface area contributed by atoms with Gasteiger partial charge in [0.25, 0.3) is 5.69 Å². The van der Waals surface area contributed by atoms with E-state index in [0.29, 0.717) is 17.5 Å². The summed E-state index contributed by atoms with van der Waals surface area (Å²) < 4.78 is 43.2. The number of nitro groups is 1. The molecule has 2 rings (SSSR count). The Balaban J connectivity index is 1.84. The Morgan fingerprint density at radius 3 is 2.48 bits per heavy atom. The van der Waals surface area contributed by atoms with Crippen molar-refractivity contribution in [2.24, 2.45) is 0 Å². The number of nitrogens with one attached hydrogen (secondary N) is 3. The molecule has 0 fully saturated rings. The van der Waals surface area contributed by atoms with Gasteiger partial charge in [0.1, 0.15) is 11.4 Å². The van der Waals surface area contributed by atoms with Gasteiger partial charge in [-0.3, -0.25) is 14.9 Å². The van der Waals surface area contributed by atoms with Gasteiger partial charge in [-0.05, 0) is 24.3 Å². The Hall–Kier alpha value is -3.50. The standard InChI is InChI=1S/C18H19F3N4O4/c1-29-16-5-3-2-4-14(16)24-11-17(26)23-9-8-22-13-7-6-12(18(19,20)21)10-15(13)25(27)28/h2-7,10,22,24H,8-9,11H2,1H3,(H,23,26). The van der Waals surface area contributed by atoms with Gasteiger partial charge < -0.3 is 20.7 Å². The third-order valence-electron chi connectivity index (χ3n) is 3.83. The quantitative estimate of drug-likeness (QED) is 0.332. The fourth-order valence-corrected chi connectivity index (χ4v) is 2.44. The zero-order valence-corrected chi connectivity index (χ0v) is 15.4. The van der Waals surface area contributed by atoms with Gasteiger partial charge in [-0.1, -0.05) is 12.1 Å². The molecular formula is C18H19F3N4O4. The first-order valence-electron chi connectivity index (χ1n) is 8.45. The van der Waals surface area contributed by atoms with Crippen molar-refractivity contribution in [2.45, 2.75) is 6.18 Å². The van der Waals surface area contributed by atoms with Crippen LogP contribution < -0.4 is 20.7 Å². The van der Waals surface area contributed by atoms with Crippen molar-refractivity contribution in [1.29, 1.82) is 0 Å². The van der Waals surface area contributed by atoms with Crippen molar-refractivity contribution >= 4 is 23.0 Å². The van der Waals surface area contributed by atoms with Crippen LogP contribution in [0.4, 0.5) is 30.2 Å². The van der Waals surface area contributed by atoms with E-state index in [1.165, 1.54) is 7.11 Å². The maximum Gasteiger partial charge on any atom is 0.416 e. The number of benzene rings is 2. The highest BCUT2D eigenvalue weighted by atomic mass is 19.4. The van der Waals surface area contributed by atoms with Gasteiger partial charge in [0.15, 0.2) is 0 Å². The van der Waals surface area contributed by atoms with Crippen molar-refractivity contribution < 1.29 is 27.6 Å². The lowest BCUT2D eigenvalue weighted by atomic mass is 10.1. The third-order valence-corrected chi connectivity index (χ3v) is 3.83. The lowest BCUT2D eigenvalue weighted by molar-refractivity contribution is -0.384. The number of anilines is 2. The van der Waals surface area contributed by atoms with Crippen molar-refractivity contribution in [3.8, 4) is 5.75 Å². The lowest BCUT2D eigenvalue weighted by Gasteiger charge is -2.12. The molecule has 0 aliphatic carbocycles. The number of amides is 1. The summed E-state index contributed by atoms with van der Waals surface area (Å²) in [7, 11) is 1.51. The number of rotatable bonds is 9. The van der Waals surface area contributed by atoms with Crippen LogP contribution in [0.3, 0.4) is 0 Å². The minimum atomic E-state index is -4.67. The van der Waals surface area contributed by atoms with E-state index >= 15 is 0 Å². The second kappa shape index (κ2) is 9.62. The Morgan fingerprint density at radius 2 is 1.83 bits per heavy atom. The second-order valence-corrected chi connectivity index (χ2v) is 5.82. The number of alkyl halides is 3. The molecule has 0 spiro atoms. The Bertz CT molecular complexity index is 874. The number of halogens is 3. The van der Waals surface area contributed by atoms with Crippen molar-refractivity contribution in [3.63, 3.8) is 0 Å². The van der Waals surface area contributed by atoms with Crippen LogP contribution in [0.15, 0.2) is 42.5 Å². The number of nitrogens with zero attached hydrogens (tertiary/aromatic N) is 1. The van der Waals surface area contributed by atoms with Crippen LogP contribution in [-0.2, 0) is 11.0 Å². The van der Waals surface area contributed by atoms with Crippen LogP contribution in [0.1, 0.15) is 5.56 Å². The van der Waals surface area contributed by atoms with Crippen molar-refractivity contribution in [2.75, 3.05) is 37.4 Å². The molecule has 0 saturated carbocycles. The topological polar surface area (TPSA) is 106 Å². The van der Waals surface area contributed by atoms with Gasteiger partial charge in [0.05, 0.1) is 29.8 Å². The summed E-state index contributed by atoms with van der Waals surface area (Å²) >= 11 is 0. The van der Waals surface area contributed by atoms with Crippen LogP contribution in [0.25, 0.3) is 0 Å². The number of methoxy groups -OCH3 is 1. The predicted octanol–water partition coefficient (Wildman–Crippen LogP) is 3.26. The van der Waals surface area contributed by atoms with Gasteiger partial charge in [0, 0.05) is 19.2 Å². The zero-order chi connectivity index (χ0) is 21.4. The fraction of sp³-hybridized carbons (Fsp3) is 0.278. The molecular weight excluding hydrogens is 393 g/mol. The molecule has 0 bridgehead atoms. The van der Waals surface area contributed by atoms with E-state index in [-0.39, 0.29) is 31.2 Å². The molecule has 0 aliphatic heterocycles. The largest absolute Gasteiger partial charge is 0.495 e. The van der Waals surface area contributed by atoms with E-state index in [0.717, 1.165) is 12.1 Å². The SMILES string of the molecule is COc1ccccc1NCC(=O)NCCNc1ccc(C(F)(F)F)cc1[N+](=O)[O-]. The molecule has 0 aliphatic rings. The molecule has 29 heavy (non-hydrogen) atoms. The van der Waals surface area contributed by atoms with Crippen LogP contribution >= 0.6 is 0 Å². The van der Waals surface area contributed by atoms with Gasteiger partial charge in [-0.2, -0.15) is 13.2 Å². The molecule has 3 N–H and O–H groups in total. The molecule has 156 valence electrons. The van der Waals surface area contributed by atoms with Crippen LogP contribution in [-0.4, -0.2) is 37.6 Å². The monoisotopic (exact) mass is 412 g/mol. The molecule has 0 saturated heterocycles. The number of hydrogen-bond acceptors (Lipinski definition) is 6. The molecule has 2 aromatic rings. The molecule has 2 aromatic carbocycles. The smallest absolute Gasteiger partial charge is 0.416 e. The van der Waals surface area contributed by atoms with E-state index in [2.05, 4.69) is 16.0 Å². The highest BCUT2D eigenvalue weighted by Crippen LogP contribution is 2.34. The molecule has 0 radical (unpaired) electrons. The number of carbonyl (C=O) groups is 1. The first-order valence-corrected chi connectivity index (χ1v) is 8.45. The van der Waals surface area contributed by atoms with E-state index < -0.39 is 22.4 Å².